The first-order valence-electron chi connectivity index (χ1n) is 7.08. The van der Waals surface area contributed by atoms with E-state index in [9.17, 15) is 9.59 Å². The van der Waals surface area contributed by atoms with Crippen LogP contribution in [0.1, 0.15) is 6.42 Å². The molecule has 0 saturated carbocycles. The molecule has 3 aromatic heterocycles. The first-order chi connectivity index (χ1) is 11.2. The third kappa shape index (κ3) is 3.51. The van der Waals surface area contributed by atoms with Crippen LogP contribution in [0.4, 0.5) is 5.82 Å². The van der Waals surface area contributed by atoms with Crippen LogP contribution in [-0.4, -0.2) is 43.1 Å². The normalized spacial score (nSPS) is 10.6. The van der Waals surface area contributed by atoms with Gasteiger partial charge in [-0.25, -0.2) is 9.97 Å². The molecule has 3 N–H and O–H groups in total. The van der Waals surface area contributed by atoms with E-state index in [0.29, 0.717) is 29.8 Å². The average molecular weight is 313 g/mol. The van der Waals surface area contributed by atoms with Crippen LogP contribution in [0.15, 0.2) is 37.1 Å². The average Bonchev–Trinajstić information content (AvgIpc) is 3.21. The Kier molecular flexibility index (Phi) is 4.27. The molecule has 118 valence electrons. The van der Waals surface area contributed by atoms with Gasteiger partial charge in [0.05, 0.1) is 11.7 Å². The van der Waals surface area contributed by atoms with Gasteiger partial charge in [-0.2, -0.15) is 5.10 Å². The number of fused-ring (bicyclic) bond motifs is 1. The van der Waals surface area contributed by atoms with E-state index in [0.717, 1.165) is 6.54 Å². The lowest BCUT2D eigenvalue weighted by Gasteiger charge is -2.06. The highest BCUT2D eigenvalue weighted by molar-refractivity contribution is 6.40. The molecule has 0 saturated heterocycles. The number of hydrogen-bond acceptors (Lipinski definition) is 5. The van der Waals surface area contributed by atoms with Crippen molar-refractivity contribution in [2.45, 2.75) is 13.0 Å². The largest absolute Gasteiger partial charge is 0.348 e. The van der Waals surface area contributed by atoms with Gasteiger partial charge in [0.1, 0.15) is 5.82 Å². The first kappa shape index (κ1) is 14.7. The van der Waals surface area contributed by atoms with Gasteiger partial charge in [-0.05, 0) is 18.6 Å². The van der Waals surface area contributed by atoms with Gasteiger partial charge in [0, 0.05) is 31.7 Å². The summed E-state index contributed by atoms with van der Waals surface area (Å²) in [6.45, 7) is 1.12. The van der Waals surface area contributed by atoms with Crippen LogP contribution in [0.2, 0.25) is 0 Å². The zero-order valence-electron chi connectivity index (χ0n) is 12.2. The number of pyridine rings is 1. The molecule has 0 aliphatic carbocycles. The quantitative estimate of drug-likeness (QED) is 0.462. The number of nitrogens with one attached hydrogen (secondary N) is 3. The molecule has 0 radical (unpaired) electrons. The molecule has 0 spiro atoms. The Bertz CT molecular complexity index is 810. The fourth-order valence-corrected chi connectivity index (χ4v) is 2.08. The summed E-state index contributed by atoms with van der Waals surface area (Å²) >= 11 is 0. The van der Waals surface area contributed by atoms with Crippen molar-refractivity contribution in [2.75, 3.05) is 11.9 Å². The molecule has 3 heterocycles. The summed E-state index contributed by atoms with van der Waals surface area (Å²) in [6.07, 6.45) is 7.53. The van der Waals surface area contributed by atoms with Crippen LogP contribution in [0.5, 0.6) is 0 Å². The number of rotatable bonds is 5. The second-order valence-corrected chi connectivity index (χ2v) is 4.84. The maximum absolute atomic E-state index is 11.9. The number of hydrogen-bond donors (Lipinski definition) is 3. The molecule has 9 nitrogen and oxygen atoms in total. The number of imidazole rings is 1. The van der Waals surface area contributed by atoms with Crippen LogP contribution >= 0.6 is 0 Å². The van der Waals surface area contributed by atoms with Crippen molar-refractivity contribution in [1.82, 2.24) is 30.0 Å². The lowest BCUT2D eigenvalue weighted by atomic mass is 10.3. The van der Waals surface area contributed by atoms with Gasteiger partial charge in [-0.15, -0.1) is 0 Å². The third-order valence-electron chi connectivity index (χ3n) is 3.21. The van der Waals surface area contributed by atoms with E-state index in [-0.39, 0.29) is 0 Å². The van der Waals surface area contributed by atoms with Crippen LogP contribution in [0.25, 0.3) is 11.0 Å². The van der Waals surface area contributed by atoms with Gasteiger partial charge < -0.3 is 15.2 Å². The molecule has 0 aliphatic heterocycles. The van der Waals surface area contributed by atoms with Crippen molar-refractivity contribution < 1.29 is 9.59 Å². The molecular formula is C14H15N7O2. The number of anilines is 1. The molecule has 23 heavy (non-hydrogen) atoms. The Morgan fingerprint density at radius 1 is 1.26 bits per heavy atom. The topological polar surface area (TPSA) is 118 Å². The standard InChI is InChI=1S/C14H15N7O2/c22-13(17-5-2-7-21-8-6-15-9-21)14(23)18-12-10-3-1-4-16-11(10)19-20-12/h1,3-4,6,8-9H,2,5,7H2,(H,17,22)(H2,16,18,19,20,23). The molecule has 2 amide bonds. The highest BCUT2D eigenvalue weighted by atomic mass is 16.2. The molecule has 0 aliphatic rings. The summed E-state index contributed by atoms with van der Waals surface area (Å²) in [5, 5.41) is 12.3. The van der Waals surface area contributed by atoms with Crippen molar-refractivity contribution in [3.63, 3.8) is 0 Å². The van der Waals surface area contributed by atoms with E-state index in [1.165, 1.54) is 0 Å². The number of carbonyl (C=O) groups is 2. The first-order valence-corrected chi connectivity index (χ1v) is 7.08. The number of H-pyrrole nitrogens is 1. The fraction of sp³-hybridized carbons (Fsp3) is 0.214. The lowest BCUT2D eigenvalue weighted by molar-refractivity contribution is -0.136. The molecule has 0 unspecified atom stereocenters. The van der Waals surface area contributed by atoms with Crippen LogP contribution < -0.4 is 10.6 Å². The summed E-state index contributed by atoms with van der Waals surface area (Å²) in [6, 6.07) is 3.48. The van der Waals surface area contributed by atoms with Crippen LogP contribution in [-0.2, 0) is 16.1 Å². The van der Waals surface area contributed by atoms with Gasteiger partial charge in [0.2, 0.25) is 0 Å². The Balaban J connectivity index is 1.48. The minimum absolute atomic E-state index is 0.353. The van der Waals surface area contributed by atoms with Crippen LogP contribution in [0.3, 0.4) is 0 Å². The summed E-state index contributed by atoms with van der Waals surface area (Å²) in [7, 11) is 0. The van der Waals surface area contributed by atoms with Gasteiger partial charge in [-0.3, -0.25) is 14.7 Å². The van der Waals surface area contributed by atoms with Gasteiger partial charge in [-0.1, -0.05) is 0 Å². The Labute approximate surface area is 131 Å². The Hall–Kier alpha value is -3.23. The fourth-order valence-electron chi connectivity index (χ4n) is 2.08. The summed E-state index contributed by atoms with van der Waals surface area (Å²) in [5.41, 5.74) is 0.476. The maximum Gasteiger partial charge on any atom is 0.314 e. The molecular weight excluding hydrogens is 298 g/mol. The minimum atomic E-state index is -0.748. The van der Waals surface area contributed by atoms with Crippen molar-refractivity contribution in [3.8, 4) is 0 Å². The minimum Gasteiger partial charge on any atom is -0.348 e. The number of aryl methyl sites for hydroxylation is 1. The molecule has 0 aromatic carbocycles. The van der Waals surface area contributed by atoms with Crippen molar-refractivity contribution >= 4 is 28.7 Å². The van der Waals surface area contributed by atoms with Crippen molar-refractivity contribution in [3.05, 3.63) is 37.1 Å². The number of nitrogens with zero attached hydrogens (tertiary/aromatic N) is 4. The van der Waals surface area contributed by atoms with E-state index < -0.39 is 11.8 Å². The number of aromatic nitrogens is 5. The van der Waals surface area contributed by atoms with E-state index in [4.69, 9.17) is 0 Å². The van der Waals surface area contributed by atoms with E-state index in [2.05, 4.69) is 30.8 Å². The predicted octanol–water partition coefficient (Wildman–Crippen LogP) is 0.299. The second kappa shape index (κ2) is 6.69. The number of aromatic amines is 1. The zero-order valence-corrected chi connectivity index (χ0v) is 12.2. The van der Waals surface area contributed by atoms with Crippen molar-refractivity contribution in [2.24, 2.45) is 0 Å². The predicted molar refractivity (Wildman–Crippen MR) is 82.4 cm³/mol. The highest BCUT2D eigenvalue weighted by Crippen LogP contribution is 2.17. The second-order valence-electron chi connectivity index (χ2n) is 4.84. The Morgan fingerprint density at radius 2 is 2.17 bits per heavy atom. The monoisotopic (exact) mass is 313 g/mol. The zero-order chi connectivity index (χ0) is 16.1. The number of carbonyl (C=O) groups excluding carboxylic acids is 2. The van der Waals surface area contributed by atoms with Crippen LogP contribution in [0, 0.1) is 0 Å². The highest BCUT2D eigenvalue weighted by Gasteiger charge is 2.15. The molecule has 0 fully saturated rings. The van der Waals surface area contributed by atoms with Crippen molar-refractivity contribution in [1.29, 1.82) is 0 Å². The molecule has 9 heteroatoms. The van der Waals surface area contributed by atoms with Gasteiger partial charge >= 0.3 is 11.8 Å². The maximum atomic E-state index is 11.9. The van der Waals surface area contributed by atoms with Gasteiger partial charge in [0.15, 0.2) is 5.65 Å². The summed E-state index contributed by atoms with van der Waals surface area (Å²) in [5.74, 6) is -1.09. The smallest absolute Gasteiger partial charge is 0.314 e. The summed E-state index contributed by atoms with van der Waals surface area (Å²) in [4.78, 5) is 31.6. The SMILES string of the molecule is O=C(NCCCn1ccnc1)C(=O)Nc1[nH]nc2ncccc12. The molecule has 0 bridgehead atoms. The lowest BCUT2D eigenvalue weighted by Crippen LogP contribution is -2.36. The van der Waals surface area contributed by atoms with E-state index in [1.807, 2.05) is 10.8 Å². The van der Waals surface area contributed by atoms with E-state index in [1.54, 1.807) is 30.9 Å². The number of amides is 2. The molecule has 3 aromatic rings. The van der Waals surface area contributed by atoms with E-state index >= 15 is 0 Å². The summed E-state index contributed by atoms with van der Waals surface area (Å²) < 4.78 is 1.90. The Morgan fingerprint density at radius 3 is 3.00 bits per heavy atom. The third-order valence-corrected chi connectivity index (χ3v) is 3.21. The van der Waals surface area contributed by atoms with Gasteiger partial charge in [0.25, 0.3) is 0 Å². The molecule has 0 atom stereocenters. The molecule has 3 rings (SSSR count).